The Balaban J connectivity index is 2.09. The topological polar surface area (TPSA) is 62.2 Å². The average molecular weight is 288 g/mol. The van der Waals surface area contributed by atoms with Crippen molar-refractivity contribution in [3.8, 4) is 0 Å². The van der Waals surface area contributed by atoms with E-state index in [0.29, 0.717) is 11.5 Å². The molecule has 3 aromatic rings. The van der Waals surface area contributed by atoms with Gasteiger partial charge in [-0.25, -0.2) is 14.2 Å². The highest BCUT2D eigenvalue weighted by Crippen LogP contribution is 2.29. The summed E-state index contributed by atoms with van der Waals surface area (Å²) in [5.41, 5.74) is 0.478. The van der Waals surface area contributed by atoms with Crippen molar-refractivity contribution in [2.45, 2.75) is 0 Å². The third-order valence-electron chi connectivity index (χ3n) is 2.76. The molecule has 2 N–H and O–H groups in total. The summed E-state index contributed by atoms with van der Waals surface area (Å²) < 4.78 is 14.0. The van der Waals surface area contributed by atoms with Crippen molar-refractivity contribution in [2.75, 3.05) is 5.32 Å². The molecule has 1 aromatic carbocycles. The maximum absolute atomic E-state index is 13.2. The Labute approximate surface area is 117 Å². The molecule has 2 heterocycles. The van der Waals surface area contributed by atoms with Crippen molar-refractivity contribution in [3.05, 3.63) is 53.3 Å². The van der Waals surface area contributed by atoms with Crippen molar-refractivity contribution in [1.82, 2.24) is 4.98 Å². The first kappa shape index (κ1) is 12.6. The Morgan fingerprint density at radius 2 is 2.15 bits per heavy atom. The van der Waals surface area contributed by atoms with E-state index in [2.05, 4.69) is 10.3 Å². The maximum Gasteiger partial charge on any atom is 0.354 e. The molecule has 0 radical (unpaired) electrons. The van der Waals surface area contributed by atoms with Crippen molar-refractivity contribution >= 4 is 38.9 Å². The Morgan fingerprint density at radius 3 is 2.90 bits per heavy atom. The molecule has 20 heavy (non-hydrogen) atoms. The standard InChI is InChI=1S/C14H9FN2O2S/c15-8-2-1-3-9(6-8)16-13-10-4-5-20-12(10)7-11(17-13)14(18)19/h1-7H,(H,16,17)(H,18,19). The van der Waals surface area contributed by atoms with Crippen LogP contribution in [0.15, 0.2) is 41.8 Å². The summed E-state index contributed by atoms with van der Waals surface area (Å²) >= 11 is 1.43. The average Bonchev–Trinajstić information content (AvgIpc) is 2.87. The van der Waals surface area contributed by atoms with Crippen LogP contribution in [0.25, 0.3) is 10.1 Å². The van der Waals surface area contributed by atoms with Gasteiger partial charge in [-0.1, -0.05) is 6.07 Å². The Hall–Kier alpha value is -2.47. The molecule has 0 fully saturated rings. The number of carboxylic acids is 1. The number of fused-ring (bicyclic) bond motifs is 1. The van der Waals surface area contributed by atoms with E-state index < -0.39 is 5.97 Å². The maximum atomic E-state index is 13.2. The number of carbonyl (C=O) groups is 1. The molecule has 0 aliphatic carbocycles. The highest BCUT2D eigenvalue weighted by Gasteiger charge is 2.12. The van der Waals surface area contributed by atoms with Gasteiger partial charge in [-0.05, 0) is 35.7 Å². The second-order valence-corrected chi connectivity index (χ2v) is 5.08. The number of rotatable bonds is 3. The molecule has 0 saturated carbocycles. The van der Waals surface area contributed by atoms with Crippen LogP contribution in [0.5, 0.6) is 0 Å². The number of benzene rings is 1. The molecule has 4 nitrogen and oxygen atoms in total. The third kappa shape index (κ3) is 2.33. The van der Waals surface area contributed by atoms with Gasteiger partial charge in [0.2, 0.25) is 0 Å². The van der Waals surface area contributed by atoms with Crippen LogP contribution in [0, 0.1) is 5.82 Å². The minimum absolute atomic E-state index is 0.0427. The lowest BCUT2D eigenvalue weighted by Gasteiger charge is -2.08. The molecule has 0 atom stereocenters. The minimum Gasteiger partial charge on any atom is -0.477 e. The zero-order valence-electron chi connectivity index (χ0n) is 10.1. The largest absolute Gasteiger partial charge is 0.477 e. The molecule has 0 aliphatic heterocycles. The second kappa shape index (κ2) is 4.90. The Bertz CT molecular complexity index is 801. The number of pyridine rings is 1. The van der Waals surface area contributed by atoms with Crippen LogP contribution in [0.4, 0.5) is 15.9 Å². The fourth-order valence-corrected chi connectivity index (χ4v) is 2.70. The van der Waals surface area contributed by atoms with Crippen molar-refractivity contribution in [3.63, 3.8) is 0 Å². The van der Waals surface area contributed by atoms with Gasteiger partial charge in [0.15, 0.2) is 5.69 Å². The molecule has 0 bridgehead atoms. The summed E-state index contributed by atoms with van der Waals surface area (Å²) in [7, 11) is 0. The van der Waals surface area contributed by atoms with E-state index in [1.165, 1.54) is 29.5 Å². The number of anilines is 2. The van der Waals surface area contributed by atoms with E-state index in [-0.39, 0.29) is 11.5 Å². The van der Waals surface area contributed by atoms with E-state index in [1.807, 2.05) is 11.4 Å². The quantitative estimate of drug-likeness (QED) is 0.767. The monoisotopic (exact) mass is 288 g/mol. The van der Waals surface area contributed by atoms with Crippen LogP contribution in [0.1, 0.15) is 10.5 Å². The predicted octanol–water partition coefficient (Wildman–Crippen LogP) is 3.88. The number of nitrogens with zero attached hydrogens (tertiary/aromatic N) is 1. The first-order chi connectivity index (χ1) is 9.63. The minimum atomic E-state index is -1.09. The fraction of sp³-hybridized carbons (Fsp3) is 0. The van der Waals surface area contributed by atoms with Gasteiger partial charge in [-0.15, -0.1) is 11.3 Å². The van der Waals surface area contributed by atoms with Crippen LogP contribution >= 0.6 is 11.3 Å². The smallest absolute Gasteiger partial charge is 0.354 e. The lowest BCUT2D eigenvalue weighted by molar-refractivity contribution is 0.0691. The number of aromatic nitrogens is 1. The van der Waals surface area contributed by atoms with Gasteiger partial charge in [0, 0.05) is 15.8 Å². The molecule has 2 aromatic heterocycles. The third-order valence-corrected chi connectivity index (χ3v) is 3.62. The number of hydrogen-bond donors (Lipinski definition) is 2. The van der Waals surface area contributed by atoms with E-state index in [4.69, 9.17) is 5.11 Å². The molecule has 100 valence electrons. The summed E-state index contributed by atoms with van der Waals surface area (Å²) in [5.74, 6) is -1.06. The first-order valence-corrected chi connectivity index (χ1v) is 6.65. The summed E-state index contributed by atoms with van der Waals surface area (Å²) in [4.78, 5) is 15.2. The SMILES string of the molecule is O=C(O)c1cc2sccc2c(Nc2cccc(F)c2)n1. The van der Waals surface area contributed by atoms with Gasteiger partial charge in [0.25, 0.3) is 0 Å². The number of thiophene rings is 1. The number of carboxylic acid groups (broad SMARTS) is 1. The zero-order chi connectivity index (χ0) is 14.1. The zero-order valence-corrected chi connectivity index (χ0v) is 10.9. The van der Waals surface area contributed by atoms with E-state index in [0.717, 1.165) is 10.1 Å². The highest BCUT2D eigenvalue weighted by atomic mass is 32.1. The highest BCUT2D eigenvalue weighted by molar-refractivity contribution is 7.17. The molecular formula is C14H9FN2O2S. The van der Waals surface area contributed by atoms with Crippen LogP contribution < -0.4 is 5.32 Å². The van der Waals surface area contributed by atoms with Crippen molar-refractivity contribution in [2.24, 2.45) is 0 Å². The summed E-state index contributed by atoms with van der Waals surface area (Å²) in [6.45, 7) is 0. The molecule has 6 heteroatoms. The normalized spacial score (nSPS) is 10.7. The second-order valence-electron chi connectivity index (χ2n) is 4.13. The van der Waals surface area contributed by atoms with E-state index >= 15 is 0 Å². The molecule has 0 saturated heterocycles. The molecule has 3 rings (SSSR count). The lowest BCUT2D eigenvalue weighted by atomic mass is 10.2. The summed E-state index contributed by atoms with van der Waals surface area (Å²) in [6.07, 6.45) is 0. The number of aromatic carboxylic acids is 1. The van der Waals surface area contributed by atoms with Gasteiger partial charge in [0.05, 0.1) is 0 Å². The van der Waals surface area contributed by atoms with Gasteiger partial charge in [-0.3, -0.25) is 0 Å². The van der Waals surface area contributed by atoms with Crippen molar-refractivity contribution in [1.29, 1.82) is 0 Å². The van der Waals surface area contributed by atoms with Crippen LogP contribution in [-0.4, -0.2) is 16.1 Å². The van der Waals surface area contributed by atoms with E-state index in [1.54, 1.807) is 12.1 Å². The lowest BCUT2D eigenvalue weighted by Crippen LogP contribution is -2.03. The fourth-order valence-electron chi connectivity index (χ4n) is 1.87. The molecule has 0 unspecified atom stereocenters. The summed E-state index contributed by atoms with van der Waals surface area (Å²) in [5, 5.41) is 14.7. The molecule has 0 spiro atoms. The number of halogens is 1. The predicted molar refractivity (Wildman–Crippen MR) is 76.3 cm³/mol. The van der Waals surface area contributed by atoms with Crippen LogP contribution in [0.2, 0.25) is 0 Å². The molecular weight excluding hydrogens is 279 g/mol. The Kier molecular flexibility index (Phi) is 3.08. The van der Waals surface area contributed by atoms with Crippen molar-refractivity contribution < 1.29 is 14.3 Å². The van der Waals surface area contributed by atoms with Gasteiger partial charge >= 0.3 is 5.97 Å². The summed E-state index contributed by atoms with van der Waals surface area (Å²) in [6, 6.07) is 9.30. The van der Waals surface area contributed by atoms with Crippen LogP contribution in [-0.2, 0) is 0 Å². The van der Waals surface area contributed by atoms with Gasteiger partial charge in [-0.2, -0.15) is 0 Å². The van der Waals surface area contributed by atoms with Crippen LogP contribution in [0.3, 0.4) is 0 Å². The van der Waals surface area contributed by atoms with Gasteiger partial charge < -0.3 is 10.4 Å². The first-order valence-electron chi connectivity index (χ1n) is 5.77. The Morgan fingerprint density at radius 1 is 1.30 bits per heavy atom. The number of hydrogen-bond acceptors (Lipinski definition) is 4. The van der Waals surface area contributed by atoms with E-state index in [9.17, 15) is 9.18 Å². The molecule has 0 amide bonds. The number of nitrogens with one attached hydrogen (secondary N) is 1. The molecule has 0 aliphatic rings. The van der Waals surface area contributed by atoms with Gasteiger partial charge in [0.1, 0.15) is 11.6 Å².